The minimum absolute atomic E-state index is 0.481. The fraction of sp³-hybridized carbons (Fsp3) is 0.929. The first-order chi connectivity index (χ1) is 8.65. The number of ether oxygens (including phenoxy) is 1. The first-order valence-corrected chi connectivity index (χ1v) is 7.19. The smallest absolute Gasteiger partial charge is 0.320 e. The zero-order valence-electron chi connectivity index (χ0n) is 12.1. The normalized spacial score (nSPS) is 14.4. The zero-order chi connectivity index (χ0) is 13.8. The van der Waals surface area contributed by atoms with Crippen molar-refractivity contribution >= 4 is 5.97 Å². The minimum Gasteiger partial charge on any atom is -0.480 e. The molecule has 0 saturated heterocycles. The second kappa shape index (κ2) is 11.5. The van der Waals surface area contributed by atoms with E-state index in [1.165, 1.54) is 19.3 Å². The van der Waals surface area contributed by atoms with Crippen LogP contribution in [0.2, 0.25) is 0 Å². The van der Waals surface area contributed by atoms with Gasteiger partial charge < -0.3 is 15.2 Å². The molecule has 0 aromatic rings. The van der Waals surface area contributed by atoms with Crippen LogP contribution in [0.5, 0.6) is 0 Å². The molecule has 0 heterocycles. The van der Waals surface area contributed by atoms with E-state index in [1.54, 1.807) is 0 Å². The highest BCUT2D eigenvalue weighted by molar-refractivity contribution is 5.73. The third-order valence-corrected chi connectivity index (χ3v) is 3.20. The Balaban J connectivity index is 3.71. The predicted molar refractivity (Wildman–Crippen MR) is 73.8 cm³/mol. The Morgan fingerprint density at radius 2 is 2.00 bits per heavy atom. The molecule has 0 saturated carbocycles. The first-order valence-electron chi connectivity index (χ1n) is 7.19. The highest BCUT2D eigenvalue weighted by Crippen LogP contribution is 2.12. The van der Waals surface area contributed by atoms with Crippen molar-refractivity contribution in [2.75, 3.05) is 19.8 Å². The van der Waals surface area contributed by atoms with Crippen LogP contribution in [0.3, 0.4) is 0 Å². The van der Waals surface area contributed by atoms with Gasteiger partial charge >= 0.3 is 5.97 Å². The van der Waals surface area contributed by atoms with E-state index in [9.17, 15) is 4.79 Å². The van der Waals surface area contributed by atoms with Crippen LogP contribution in [-0.4, -0.2) is 36.9 Å². The molecule has 4 heteroatoms. The fourth-order valence-corrected chi connectivity index (χ4v) is 1.91. The van der Waals surface area contributed by atoms with Crippen molar-refractivity contribution in [3.8, 4) is 0 Å². The van der Waals surface area contributed by atoms with E-state index in [1.807, 2.05) is 6.92 Å². The Bertz CT molecular complexity index is 209. The third-order valence-electron chi connectivity index (χ3n) is 3.20. The molecule has 18 heavy (non-hydrogen) atoms. The molecule has 0 spiro atoms. The van der Waals surface area contributed by atoms with Crippen molar-refractivity contribution in [2.24, 2.45) is 5.92 Å². The highest BCUT2D eigenvalue weighted by Gasteiger charge is 2.15. The van der Waals surface area contributed by atoms with Crippen molar-refractivity contribution in [2.45, 2.75) is 58.9 Å². The maximum absolute atomic E-state index is 10.9. The Labute approximate surface area is 111 Å². The lowest BCUT2D eigenvalue weighted by Crippen LogP contribution is -2.37. The molecule has 0 fully saturated rings. The third kappa shape index (κ3) is 8.48. The van der Waals surface area contributed by atoms with E-state index in [0.29, 0.717) is 25.5 Å². The molecule has 2 atom stereocenters. The zero-order valence-corrected chi connectivity index (χ0v) is 12.1. The number of hydrogen-bond donors (Lipinski definition) is 2. The number of carboxylic acids is 1. The van der Waals surface area contributed by atoms with Gasteiger partial charge in [-0.1, -0.05) is 40.0 Å². The molecule has 2 N–H and O–H groups in total. The summed E-state index contributed by atoms with van der Waals surface area (Å²) < 4.78 is 5.61. The average Bonchev–Trinajstić information content (AvgIpc) is 2.36. The van der Waals surface area contributed by atoms with Crippen molar-refractivity contribution in [3.05, 3.63) is 0 Å². The molecule has 0 amide bonds. The van der Waals surface area contributed by atoms with Gasteiger partial charge in [0.05, 0.1) is 0 Å². The van der Waals surface area contributed by atoms with Gasteiger partial charge in [-0.2, -0.15) is 0 Å². The topological polar surface area (TPSA) is 58.6 Å². The van der Waals surface area contributed by atoms with Crippen LogP contribution in [0.25, 0.3) is 0 Å². The summed E-state index contributed by atoms with van der Waals surface area (Å²) in [6.07, 6.45) is 5.35. The maximum Gasteiger partial charge on any atom is 0.320 e. The molecular formula is C14H29NO3. The molecule has 0 aromatic carbocycles. The molecule has 0 bridgehead atoms. The predicted octanol–water partition coefficient (Wildman–Crippen LogP) is 2.67. The average molecular weight is 259 g/mol. The van der Waals surface area contributed by atoms with Crippen molar-refractivity contribution < 1.29 is 14.6 Å². The summed E-state index contributed by atoms with van der Waals surface area (Å²) in [5, 5.41) is 11.9. The van der Waals surface area contributed by atoms with Crippen LogP contribution in [0.4, 0.5) is 0 Å². The van der Waals surface area contributed by atoms with Gasteiger partial charge in [0.25, 0.3) is 0 Å². The lowest BCUT2D eigenvalue weighted by Gasteiger charge is -2.16. The molecule has 0 radical (unpaired) electrons. The molecule has 0 aliphatic rings. The molecule has 4 nitrogen and oxygen atoms in total. The molecule has 108 valence electrons. The van der Waals surface area contributed by atoms with Gasteiger partial charge in [-0.05, 0) is 25.3 Å². The van der Waals surface area contributed by atoms with Gasteiger partial charge in [-0.3, -0.25) is 4.79 Å². The Kier molecular flexibility index (Phi) is 11.1. The van der Waals surface area contributed by atoms with Crippen LogP contribution in [0.15, 0.2) is 0 Å². The van der Waals surface area contributed by atoms with Crippen molar-refractivity contribution in [1.29, 1.82) is 0 Å². The van der Waals surface area contributed by atoms with Crippen molar-refractivity contribution in [1.82, 2.24) is 5.32 Å². The number of carbonyl (C=O) groups is 1. The molecule has 0 rings (SSSR count). The van der Waals surface area contributed by atoms with Crippen LogP contribution >= 0.6 is 0 Å². The summed E-state index contributed by atoms with van der Waals surface area (Å²) in [4.78, 5) is 10.9. The minimum atomic E-state index is -0.793. The molecule has 2 unspecified atom stereocenters. The second-order valence-electron chi connectivity index (χ2n) is 4.73. The lowest BCUT2D eigenvalue weighted by atomic mass is 10.0. The van der Waals surface area contributed by atoms with E-state index in [-0.39, 0.29) is 0 Å². The Morgan fingerprint density at radius 3 is 2.50 bits per heavy atom. The van der Waals surface area contributed by atoms with Gasteiger partial charge in [0.15, 0.2) is 0 Å². The number of hydrogen-bond acceptors (Lipinski definition) is 3. The van der Waals surface area contributed by atoms with E-state index in [0.717, 1.165) is 13.0 Å². The summed E-state index contributed by atoms with van der Waals surface area (Å²) in [7, 11) is 0. The highest BCUT2D eigenvalue weighted by atomic mass is 16.5. The summed E-state index contributed by atoms with van der Waals surface area (Å²) in [5.74, 6) is -0.175. The molecule has 0 aliphatic heterocycles. The number of carboxylic acid groups (broad SMARTS) is 1. The van der Waals surface area contributed by atoms with Gasteiger partial charge in [-0.15, -0.1) is 0 Å². The lowest BCUT2D eigenvalue weighted by molar-refractivity contribution is -0.140. The SMILES string of the molecule is CCCCC(CC)COCCC(NCC)C(=O)O. The van der Waals surface area contributed by atoms with E-state index in [4.69, 9.17) is 9.84 Å². The number of aliphatic carboxylic acids is 1. The van der Waals surface area contributed by atoms with E-state index in [2.05, 4.69) is 19.2 Å². The van der Waals surface area contributed by atoms with Gasteiger partial charge in [0, 0.05) is 13.2 Å². The second-order valence-corrected chi connectivity index (χ2v) is 4.73. The van der Waals surface area contributed by atoms with E-state index < -0.39 is 12.0 Å². The first kappa shape index (κ1) is 17.4. The molecular weight excluding hydrogens is 230 g/mol. The van der Waals surface area contributed by atoms with Crippen LogP contribution in [-0.2, 0) is 9.53 Å². The Hall–Kier alpha value is -0.610. The number of rotatable bonds is 12. The quantitative estimate of drug-likeness (QED) is 0.529. The largest absolute Gasteiger partial charge is 0.480 e. The summed E-state index contributed by atoms with van der Waals surface area (Å²) in [6.45, 7) is 8.24. The van der Waals surface area contributed by atoms with Gasteiger partial charge in [0.1, 0.15) is 6.04 Å². The molecule has 0 aromatic heterocycles. The molecule has 0 aliphatic carbocycles. The van der Waals surface area contributed by atoms with Crippen LogP contribution < -0.4 is 5.32 Å². The van der Waals surface area contributed by atoms with Crippen LogP contribution in [0, 0.1) is 5.92 Å². The number of unbranched alkanes of at least 4 members (excludes halogenated alkanes) is 1. The summed E-state index contributed by atoms with van der Waals surface area (Å²) >= 11 is 0. The number of likely N-dealkylation sites (N-methyl/N-ethyl adjacent to an activating group) is 1. The van der Waals surface area contributed by atoms with Gasteiger partial charge in [-0.25, -0.2) is 0 Å². The Morgan fingerprint density at radius 1 is 1.28 bits per heavy atom. The van der Waals surface area contributed by atoms with E-state index >= 15 is 0 Å². The standard InChI is InChI=1S/C14H29NO3/c1-4-7-8-12(5-2)11-18-10-9-13(14(16)17)15-6-3/h12-13,15H,4-11H2,1-3H3,(H,16,17). The maximum atomic E-state index is 10.9. The summed E-state index contributed by atoms with van der Waals surface area (Å²) in [5.41, 5.74) is 0. The van der Waals surface area contributed by atoms with Crippen molar-refractivity contribution in [3.63, 3.8) is 0 Å². The fourth-order valence-electron chi connectivity index (χ4n) is 1.91. The monoisotopic (exact) mass is 259 g/mol. The summed E-state index contributed by atoms with van der Waals surface area (Å²) in [6, 6.07) is -0.481. The van der Waals surface area contributed by atoms with Crippen LogP contribution in [0.1, 0.15) is 52.9 Å². The van der Waals surface area contributed by atoms with Gasteiger partial charge in [0.2, 0.25) is 0 Å². The number of nitrogens with one attached hydrogen (secondary N) is 1.